The third-order valence-electron chi connectivity index (χ3n) is 4.90. The van der Waals surface area contributed by atoms with E-state index in [0.717, 1.165) is 35.5 Å². The predicted octanol–water partition coefficient (Wildman–Crippen LogP) is 7.25. The fourth-order valence-electron chi connectivity index (χ4n) is 3.08. The Balaban J connectivity index is 0. The molecule has 10 heteroatoms. The fourth-order valence-corrected chi connectivity index (χ4v) is 3.08. The number of rotatable bonds is 16. The number of aliphatic hydroxyl groups excluding tert-OH is 2. The third kappa shape index (κ3) is 21.7. The molecule has 6 nitrogen and oxygen atoms in total. The normalized spacial score (nSPS) is 11.6. The quantitative estimate of drug-likeness (QED) is 0.143. The Kier molecular flexibility index (Phi) is 28.9. The summed E-state index contributed by atoms with van der Waals surface area (Å²) >= 11 is 7.32. The summed E-state index contributed by atoms with van der Waals surface area (Å²) in [6, 6.07) is 16.1. The molecule has 0 aliphatic rings. The number of para-hydroxylation sites is 2. The van der Waals surface area contributed by atoms with Crippen molar-refractivity contribution in [2.75, 3.05) is 26.3 Å². The van der Waals surface area contributed by atoms with Crippen molar-refractivity contribution < 1.29 is 49.9 Å². The van der Waals surface area contributed by atoms with E-state index < -0.39 is 12.2 Å². The van der Waals surface area contributed by atoms with Gasteiger partial charge >= 0.3 is 50.4 Å². The van der Waals surface area contributed by atoms with E-state index in [9.17, 15) is 10.2 Å². The standard InChI is InChI=1S/2C15H22NO2.2ClH.2Cu/c2*1-4-7-13-8-5-6-9-15(13)18-11-14(17)10-16-12(2)3;;;;/h2*4-6,8-9,12,14,17H,1,7,10-11H2,2-3H3;2*1H;;/q2*-1;;;2*+2/p-2. The average Bonchev–Trinajstić information content (AvgIpc) is 2.97. The molecule has 0 saturated carbocycles. The molecule has 0 aliphatic carbocycles. The Morgan fingerprint density at radius 3 is 1.32 bits per heavy atom. The molecule has 0 fully saturated rings. The zero-order chi connectivity index (χ0) is 30.8. The summed E-state index contributed by atoms with van der Waals surface area (Å²) in [7, 11) is 8.40. The second kappa shape index (κ2) is 28.1. The van der Waals surface area contributed by atoms with Crippen LogP contribution in [0.5, 0.6) is 11.5 Å². The van der Waals surface area contributed by atoms with Crippen LogP contribution in [0, 0.1) is 0 Å². The van der Waals surface area contributed by atoms with Crippen LogP contribution in [0.2, 0.25) is 0 Å². The maximum atomic E-state index is 9.74. The molecule has 2 N–H and O–H groups in total. The molecule has 2 aromatic carbocycles. The number of hydrogen-bond donors (Lipinski definition) is 2. The monoisotopic (exact) mass is 692 g/mol. The van der Waals surface area contributed by atoms with E-state index in [-0.39, 0.29) is 25.3 Å². The first-order valence-electron chi connectivity index (χ1n) is 12.8. The van der Waals surface area contributed by atoms with Crippen LogP contribution in [0.4, 0.5) is 0 Å². The molecule has 2 atom stereocenters. The predicted molar refractivity (Wildman–Crippen MR) is 162 cm³/mol. The van der Waals surface area contributed by atoms with Crippen LogP contribution in [0.15, 0.2) is 73.8 Å². The minimum absolute atomic E-state index is 0.243. The third-order valence-corrected chi connectivity index (χ3v) is 4.90. The van der Waals surface area contributed by atoms with Crippen LogP contribution < -0.4 is 9.47 Å². The summed E-state index contributed by atoms with van der Waals surface area (Å²) < 4.78 is 11.3. The van der Waals surface area contributed by atoms with Gasteiger partial charge < -0.3 is 30.3 Å². The summed E-state index contributed by atoms with van der Waals surface area (Å²) in [5.74, 6) is 1.61. The Labute approximate surface area is 267 Å². The zero-order valence-corrected chi connectivity index (χ0v) is 27.1. The molecule has 0 aliphatic heterocycles. The van der Waals surface area contributed by atoms with E-state index >= 15 is 0 Å². The Morgan fingerprint density at radius 2 is 1.02 bits per heavy atom. The van der Waals surface area contributed by atoms with E-state index in [1.165, 1.54) is 0 Å². The second-order valence-corrected chi connectivity index (χ2v) is 9.05. The van der Waals surface area contributed by atoms with Gasteiger partial charge in [-0.05, 0) is 36.1 Å². The molecule has 40 heavy (non-hydrogen) atoms. The van der Waals surface area contributed by atoms with E-state index in [1.54, 1.807) is 0 Å². The molecule has 0 aromatic heterocycles. The van der Waals surface area contributed by atoms with Crippen molar-refractivity contribution in [3.8, 4) is 11.5 Å². The van der Waals surface area contributed by atoms with Gasteiger partial charge in [-0.1, -0.05) is 76.2 Å². The molecule has 2 unspecified atom stereocenters. The van der Waals surface area contributed by atoms with Gasteiger partial charge in [0.25, 0.3) is 0 Å². The van der Waals surface area contributed by atoms with Gasteiger partial charge in [0.1, 0.15) is 24.7 Å². The van der Waals surface area contributed by atoms with Crippen LogP contribution in [0.25, 0.3) is 10.6 Å². The first-order chi connectivity index (χ1) is 19.3. The van der Waals surface area contributed by atoms with Gasteiger partial charge in [0.15, 0.2) is 0 Å². The van der Waals surface area contributed by atoms with Gasteiger partial charge in [0.2, 0.25) is 0 Å². The van der Waals surface area contributed by atoms with Gasteiger partial charge in [0, 0.05) is 0 Å². The number of allylic oxidation sites excluding steroid dienone is 2. The second-order valence-electron chi connectivity index (χ2n) is 9.05. The van der Waals surface area contributed by atoms with Gasteiger partial charge in [-0.25, -0.2) is 0 Å². The van der Waals surface area contributed by atoms with Crippen molar-refractivity contribution in [3.63, 3.8) is 0 Å². The number of benzene rings is 2. The van der Waals surface area contributed by atoms with Gasteiger partial charge in [-0.3, -0.25) is 0 Å². The molecule has 0 bridgehead atoms. The van der Waals surface area contributed by atoms with Crippen LogP contribution in [-0.2, 0) is 43.0 Å². The van der Waals surface area contributed by atoms with Crippen molar-refractivity contribution >= 4 is 20.2 Å². The van der Waals surface area contributed by atoms with Gasteiger partial charge in [0.05, 0.1) is 12.2 Å². The first kappa shape index (κ1) is 41.1. The molecule has 0 amide bonds. The Morgan fingerprint density at radius 1 is 0.700 bits per heavy atom. The number of halogens is 2. The first-order valence-corrected chi connectivity index (χ1v) is 15.4. The van der Waals surface area contributed by atoms with Crippen molar-refractivity contribution in [2.45, 2.75) is 64.8 Å². The van der Waals surface area contributed by atoms with Crippen LogP contribution in [-0.4, -0.2) is 60.8 Å². The molecular weight excluding hydrogens is 650 g/mol. The zero-order valence-electron chi connectivity index (χ0n) is 23.7. The van der Waals surface area contributed by atoms with Crippen molar-refractivity contribution in [1.82, 2.24) is 0 Å². The summed E-state index contributed by atoms with van der Waals surface area (Å²) in [5.41, 5.74) is 2.17. The van der Waals surface area contributed by atoms with Crippen molar-refractivity contribution in [1.29, 1.82) is 0 Å². The average molecular weight is 695 g/mol. The molecular formula is C30H44Cl2Cu2N2O4. The summed E-state index contributed by atoms with van der Waals surface area (Å²) in [5, 5.41) is 28.0. The molecule has 0 radical (unpaired) electrons. The van der Waals surface area contributed by atoms with Crippen LogP contribution >= 0.6 is 20.2 Å². The SMILES string of the molecule is C=CCc1ccccc1OCC(O)C[N-]C(C)C.C=CCc1ccccc1OCC(O)C[N-]C(C)C.[Cl][Cu+].[Cl][Cu+]. The van der Waals surface area contributed by atoms with Crippen molar-refractivity contribution in [2.24, 2.45) is 0 Å². The molecule has 2 aromatic rings. The van der Waals surface area contributed by atoms with Crippen molar-refractivity contribution in [3.05, 3.63) is 95.6 Å². The topological polar surface area (TPSA) is 87.1 Å². The molecule has 234 valence electrons. The van der Waals surface area contributed by atoms with E-state index in [4.69, 9.17) is 9.47 Å². The van der Waals surface area contributed by atoms with Gasteiger partial charge in [-0.2, -0.15) is 0 Å². The van der Waals surface area contributed by atoms with Crippen LogP contribution in [0.1, 0.15) is 38.8 Å². The van der Waals surface area contributed by atoms with E-state index in [2.05, 4.69) is 74.2 Å². The Hall–Kier alpha value is -1.02. The fraction of sp³-hybridized carbons (Fsp3) is 0.467. The van der Waals surface area contributed by atoms with E-state index in [0.29, 0.717) is 13.1 Å². The number of aliphatic hydroxyl groups is 2. The molecule has 2 rings (SSSR count). The number of hydrogen-bond acceptors (Lipinski definition) is 4. The molecule has 0 spiro atoms. The number of nitrogens with zero attached hydrogens (tertiary/aromatic N) is 2. The minimum atomic E-state index is -0.552. The molecule has 0 saturated heterocycles. The maximum absolute atomic E-state index is 9.74. The van der Waals surface area contributed by atoms with Gasteiger partial charge in [-0.15, -0.1) is 38.3 Å². The number of ether oxygens (including phenoxy) is 2. The molecule has 0 heterocycles. The summed E-state index contributed by atoms with van der Waals surface area (Å²) in [4.78, 5) is 0. The van der Waals surface area contributed by atoms with Crippen LogP contribution in [0.3, 0.4) is 0 Å². The summed E-state index contributed by atoms with van der Waals surface area (Å²) in [6.07, 6.45) is 4.11. The van der Waals surface area contributed by atoms with E-state index in [1.807, 2.05) is 88.4 Å². The Bertz CT molecular complexity index is 821. The summed E-state index contributed by atoms with van der Waals surface area (Å²) in [6.45, 7) is 16.8.